The fraction of sp³-hybridized carbons (Fsp3) is 0.562. The predicted octanol–water partition coefficient (Wildman–Crippen LogP) is 2.25. The molecule has 0 spiro atoms. The van der Waals surface area contributed by atoms with E-state index in [0.717, 1.165) is 13.0 Å². The molecule has 0 aliphatic carbocycles. The summed E-state index contributed by atoms with van der Waals surface area (Å²) in [5, 5.41) is 0. The topological polar surface area (TPSA) is 46.3 Å². The van der Waals surface area contributed by atoms with E-state index >= 15 is 0 Å². The van der Waals surface area contributed by atoms with E-state index in [0.29, 0.717) is 6.54 Å². The van der Waals surface area contributed by atoms with E-state index < -0.39 is 0 Å². The summed E-state index contributed by atoms with van der Waals surface area (Å²) in [7, 11) is 1.92. The highest BCUT2D eigenvalue weighted by molar-refractivity contribution is 5.75. The van der Waals surface area contributed by atoms with Crippen molar-refractivity contribution in [2.75, 3.05) is 20.1 Å². The van der Waals surface area contributed by atoms with Crippen LogP contribution in [0.25, 0.3) is 0 Å². The van der Waals surface area contributed by atoms with E-state index in [-0.39, 0.29) is 11.3 Å². The summed E-state index contributed by atoms with van der Waals surface area (Å²) in [6.07, 6.45) is 0.944. The quantitative estimate of drug-likeness (QED) is 0.884. The number of rotatable bonds is 5. The summed E-state index contributed by atoms with van der Waals surface area (Å²) in [6.45, 7) is 9.99. The molecule has 0 bridgehead atoms. The van der Waals surface area contributed by atoms with Gasteiger partial charge in [-0.1, -0.05) is 39.0 Å². The monoisotopic (exact) mass is 262 g/mol. The van der Waals surface area contributed by atoms with Crippen LogP contribution in [-0.4, -0.2) is 30.9 Å². The maximum atomic E-state index is 10.8. The van der Waals surface area contributed by atoms with Crippen molar-refractivity contribution in [2.24, 2.45) is 5.73 Å². The first kappa shape index (κ1) is 15.7. The van der Waals surface area contributed by atoms with Crippen LogP contribution in [0.2, 0.25) is 0 Å². The number of benzene rings is 1. The molecule has 1 aromatic carbocycles. The Morgan fingerprint density at radius 3 is 2.42 bits per heavy atom. The smallest absolute Gasteiger partial charge is 0.231 e. The molecule has 0 unspecified atom stereocenters. The predicted molar refractivity (Wildman–Crippen MR) is 80.3 cm³/mol. The fourth-order valence-electron chi connectivity index (χ4n) is 2.10. The molecule has 19 heavy (non-hydrogen) atoms. The lowest BCUT2D eigenvalue weighted by molar-refractivity contribution is -0.118. The Labute approximate surface area is 116 Å². The number of amides is 1. The Morgan fingerprint density at radius 2 is 1.95 bits per heavy atom. The number of nitrogens with zero attached hydrogens (tertiary/aromatic N) is 1. The lowest BCUT2D eigenvalue weighted by atomic mass is 9.85. The first-order valence-electron chi connectivity index (χ1n) is 6.77. The van der Waals surface area contributed by atoms with E-state index in [1.165, 1.54) is 16.7 Å². The fourth-order valence-corrected chi connectivity index (χ4v) is 2.10. The minimum atomic E-state index is -0.276. The van der Waals surface area contributed by atoms with Crippen molar-refractivity contribution in [1.29, 1.82) is 0 Å². The molecule has 0 aliphatic heterocycles. The molecule has 1 rings (SSSR count). The molecule has 1 aromatic rings. The number of hydrogen-bond donors (Lipinski definition) is 1. The number of carbonyl (C=O) groups is 1. The van der Waals surface area contributed by atoms with Crippen molar-refractivity contribution in [3.8, 4) is 0 Å². The third kappa shape index (κ3) is 5.03. The number of carbonyl (C=O) groups excluding carboxylic acids is 1. The molecule has 0 atom stereocenters. The summed E-state index contributed by atoms with van der Waals surface area (Å²) in [6, 6.07) is 6.67. The van der Waals surface area contributed by atoms with Crippen molar-refractivity contribution < 1.29 is 4.79 Å². The van der Waals surface area contributed by atoms with Gasteiger partial charge in [0.1, 0.15) is 0 Å². The van der Waals surface area contributed by atoms with Crippen LogP contribution in [0, 0.1) is 6.92 Å². The highest BCUT2D eigenvalue weighted by atomic mass is 16.1. The standard InChI is InChI=1S/C16H26N2O/c1-12-10-14(16(2,3)4)7-6-13(12)8-9-18(5)11-15(17)19/h6-7,10H,8-9,11H2,1-5H3,(H2,17,19). The SMILES string of the molecule is Cc1cc(C(C)(C)C)ccc1CCN(C)CC(N)=O. The zero-order valence-electron chi connectivity index (χ0n) is 12.8. The number of nitrogens with two attached hydrogens (primary N) is 1. The van der Waals surface area contributed by atoms with Crippen LogP contribution in [0.5, 0.6) is 0 Å². The lowest BCUT2D eigenvalue weighted by Gasteiger charge is -2.21. The van der Waals surface area contributed by atoms with Crippen molar-refractivity contribution in [1.82, 2.24) is 4.90 Å². The largest absolute Gasteiger partial charge is 0.369 e. The lowest BCUT2D eigenvalue weighted by Crippen LogP contribution is -2.32. The Hall–Kier alpha value is -1.35. The van der Waals surface area contributed by atoms with Gasteiger partial charge in [0, 0.05) is 6.54 Å². The average Bonchev–Trinajstić information content (AvgIpc) is 2.25. The molecule has 3 heteroatoms. The van der Waals surface area contributed by atoms with Gasteiger partial charge in [-0.15, -0.1) is 0 Å². The average molecular weight is 262 g/mol. The van der Waals surface area contributed by atoms with Gasteiger partial charge in [0.2, 0.25) is 5.91 Å². The molecule has 0 saturated heterocycles. The third-order valence-corrected chi connectivity index (χ3v) is 3.40. The molecule has 3 nitrogen and oxygen atoms in total. The normalized spacial score (nSPS) is 11.9. The molecule has 0 saturated carbocycles. The number of likely N-dealkylation sites (N-methyl/N-ethyl adjacent to an activating group) is 1. The maximum absolute atomic E-state index is 10.8. The number of aryl methyl sites for hydroxylation is 1. The van der Waals surface area contributed by atoms with Crippen LogP contribution in [0.15, 0.2) is 18.2 Å². The van der Waals surface area contributed by atoms with Crippen molar-refractivity contribution in [3.05, 3.63) is 34.9 Å². The first-order chi connectivity index (χ1) is 8.70. The second kappa shape index (κ2) is 6.20. The van der Waals surface area contributed by atoms with E-state index in [1.807, 2.05) is 11.9 Å². The molecule has 1 amide bonds. The van der Waals surface area contributed by atoms with E-state index in [2.05, 4.69) is 45.9 Å². The summed E-state index contributed by atoms with van der Waals surface area (Å²) in [4.78, 5) is 12.8. The second-order valence-corrected chi connectivity index (χ2v) is 6.35. The summed E-state index contributed by atoms with van der Waals surface area (Å²) in [5.74, 6) is -0.276. The van der Waals surface area contributed by atoms with E-state index in [4.69, 9.17) is 5.73 Å². The highest BCUT2D eigenvalue weighted by Gasteiger charge is 2.14. The molecule has 2 N–H and O–H groups in total. The molecule has 0 heterocycles. The van der Waals surface area contributed by atoms with Gasteiger partial charge < -0.3 is 5.73 Å². The van der Waals surface area contributed by atoms with Gasteiger partial charge in [0.05, 0.1) is 6.54 Å². The molecule has 0 aliphatic rings. The van der Waals surface area contributed by atoms with E-state index in [9.17, 15) is 4.79 Å². The molecule has 0 fully saturated rings. The molecular formula is C16H26N2O. The Balaban J connectivity index is 2.68. The van der Waals surface area contributed by atoms with Crippen molar-refractivity contribution in [3.63, 3.8) is 0 Å². The van der Waals surface area contributed by atoms with Gasteiger partial charge in [-0.25, -0.2) is 0 Å². The van der Waals surface area contributed by atoms with Crippen molar-refractivity contribution >= 4 is 5.91 Å². The zero-order valence-corrected chi connectivity index (χ0v) is 12.8. The number of primary amides is 1. The van der Waals surface area contributed by atoms with Crippen LogP contribution in [0.4, 0.5) is 0 Å². The highest BCUT2D eigenvalue weighted by Crippen LogP contribution is 2.24. The molecular weight excluding hydrogens is 236 g/mol. The van der Waals surface area contributed by atoms with Crippen LogP contribution >= 0.6 is 0 Å². The zero-order chi connectivity index (χ0) is 14.6. The van der Waals surface area contributed by atoms with Crippen LogP contribution in [0.3, 0.4) is 0 Å². The summed E-state index contributed by atoms with van der Waals surface area (Å²) >= 11 is 0. The van der Waals surface area contributed by atoms with Crippen LogP contribution in [-0.2, 0) is 16.6 Å². The third-order valence-electron chi connectivity index (χ3n) is 3.40. The summed E-state index contributed by atoms with van der Waals surface area (Å²) in [5.41, 5.74) is 9.38. The van der Waals surface area contributed by atoms with Crippen molar-refractivity contribution in [2.45, 2.75) is 39.5 Å². The van der Waals surface area contributed by atoms with Crippen LogP contribution in [0.1, 0.15) is 37.5 Å². The minimum Gasteiger partial charge on any atom is -0.369 e. The van der Waals surface area contributed by atoms with Crippen LogP contribution < -0.4 is 5.73 Å². The van der Waals surface area contributed by atoms with Gasteiger partial charge >= 0.3 is 0 Å². The van der Waals surface area contributed by atoms with Gasteiger partial charge in [0.15, 0.2) is 0 Å². The van der Waals surface area contributed by atoms with Gasteiger partial charge in [0.25, 0.3) is 0 Å². The van der Waals surface area contributed by atoms with Gasteiger partial charge in [-0.3, -0.25) is 9.69 Å². The Morgan fingerprint density at radius 1 is 1.32 bits per heavy atom. The molecule has 0 aromatic heterocycles. The molecule has 106 valence electrons. The molecule has 0 radical (unpaired) electrons. The second-order valence-electron chi connectivity index (χ2n) is 6.35. The number of hydrogen-bond acceptors (Lipinski definition) is 2. The first-order valence-corrected chi connectivity index (χ1v) is 6.77. The van der Waals surface area contributed by atoms with Gasteiger partial charge in [-0.05, 0) is 42.5 Å². The Kier molecular flexibility index (Phi) is 5.12. The maximum Gasteiger partial charge on any atom is 0.231 e. The van der Waals surface area contributed by atoms with E-state index in [1.54, 1.807) is 0 Å². The van der Waals surface area contributed by atoms with Gasteiger partial charge in [-0.2, -0.15) is 0 Å². The minimum absolute atomic E-state index is 0.187. The Bertz CT molecular complexity index is 447. The summed E-state index contributed by atoms with van der Waals surface area (Å²) < 4.78 is 0.